The van der Waals surface area contributed by atoms with E-state index in [-0.39, 0.29) is 0 Å². The molecule has 0 unspecified atom stereocenters. The van der Waals surface area contributed by atoms with E-state index >= 15 is 0 Å². The van der Waals surface area contributed by atoms with E-state index in [1.54, 1.807) is 6.20 Å². The van der Waals surface area contributed by atoms with Crippen molar-refractivity contribution in [3.05, 3.63) is 188 Å². The minimum absolute atomic E-state index is 0.578. The Morgan fingerprint density at radius 1 is 0.379 bits per heavy atom. The lowest BCUT2D eigenvalue weighted by Gasteiger charge is -2.15. The highest BCUT2D eigenvalue weighted by Crippen LogP contribution is 2.39. The molecular formula is C52H31N5O. The van der Waals surface area contributed by atoms with Gasteiger partial charge in [0.1, 0.15) is 5.58 Å². The number of furan rings is 1. The molecule has 0 amide bonds. The van der Waals surface area contributed by atoms with Gasteiger partial charge in [-0.05, 0) is 81.9 Å². The fourth-order valence-corrected chi connectivity index (χ4v) is 8.54. The number of nitrogens with zero attached hydrogens (tertiary/aromatic N) is 5. The summed E-state index contributed by atoms with van der Waals surface area (Å²) < 4.78 is 8.48. The van der Waals surface area contributed by atoms with Gasteiger partial charge in [0.05, 0.1) is 16.7 Å². The van der Waals surface area contributed by atoms with Gasteiger partial charge in [-0.15, -0.1) is 0 Å². The molecule has 0 spiro atoms. The molecular weight excluding hydrogens is 711 g/mol. The number of hydrogen-bond donors (Lipinski definition) is 0. The van der Waals surface area contributed by atoms with Crippen LogP contribution in [0.3, 0.4) is 0 Å². The van der Waals surface area contributed by atoms with Crippen molar-refractivity contribution in [3.63, 3.8) is 0 Å². The van der Waals surface area contributed by atoms with Gasteiger partial charge in [-0.2, -0.15) is 0 Å². The van der Waals surface area contributed by atoms with E-state index in [0.29, 0.717) is 23.2 Å². The second kappa shape index (κ2) is 12.8. The highest BCUT2D eigenvalue weighted by Gasteiger charge is 2.19. The van der Waals surface area contributed by atoms with E-state index < -0.39 is 0 Å². The van der Waals surface area contributed by atoms with Crippen molar-refractivity contribution in [3.8, 4) is 51.0 Å². The normalized spacial score (nSPS) is 11.8. The topological polar surface area (TPSA) is 69.6 Å². The molecule has 0 aliphatic heterocycles. The van der Waals surface area contributed by atoms with Gasteiger partial charge in [0, 0.05) is 49.8 Å². The molecule has 0 saturated heterocycles. The summed E-state index contributed by atoms with van der Waals surface area (Å²) >= 11 is 0. The molecule has 6 heteroatoms. The summed E-state index contributed by atoms with van der Waals surface area (Å²) in [5.74, 6) is 1.78. The Labute approximate surface area is 332 Å². The molecule has 0 atom stereocenters. The Morgan fingerprint density at radius 2 is 1.03 bits per heavy atom. The van der Waals surface area contributed by atoms with Crippen molar-refractivity contribution in [2.24, 2.45) is 0 Å². The molecule has 6 nitrogen and oxygen atoms in total. The van der Waals surface area contributed by atoms with Gasteiger partial charge < -0.3 is 8.98 Å². The molecule has 0 N–H and O–H groups in total. The third kappa shape index (κ3) is 5.12. The molecule has 8 aromatic carbocycles. The maximum Gasteiger partial charge on any atom is 0.227 e. The number of pyridine rings is 1. The zero-order valence-corrected chi connectivity index (χ0v) is 31.0. The molecule has 0 fully saturated rings. The number of hydrogen-bond acceptors (Lipinski definition) is 5. The van der Waals surface area contributed by atoms with Crippen LogP contribution in [0.4, 0.5) is 0 Å². The average Bonchev–Trinajstić information content (AvgIpc) is 3.83. The molecule has 270 valence electrons. The molecule has 0 bridgehead atoms. The van der Waals surface area contributed by atoms with E-state index in [9.17, 15) is 0 Å². The molecule has 12 rings (SSSR count). The average molecular weight is 742 g/mol. The number of para-hydroxylation sites is 1. The van der Waals surface area contributed by atoms with Crippen LogP contribution in [0.15, 0.2) is 193 Å². The van der Waals surface area contributed by atoms with Crippen LogP contribution in [0.2, 0.25) is 0 Å². The highest BCUT2D eigenvalue weighted by atomic mass is 16.3. The second-order valence-corrected chi connectivity index (χ2v) is 14.7. The first-order valence-corrected chi connectivity index (χ1v) is 19.4. The summed E-state index contributed by atoms with van der Waals surface area (Å²) in [4.78, 5) is 20.0. The van der Waals surface area contributed by atoms with Crippen LogP contribution in [0, 0.1) is 0 Å². The zero-order chi connectivity index (χ0) is 38.2. The Hall–Kier alpha value is -7.96. The van der Waals surface area contributed by atoms with Crippen molar-refractivity contribution < 1.29 is 4.42 Å². The van der Waals surface area contributed by atoms with Gasteiger partial charge in [0.2, 0.25) is 5.71 Å². The van der Waals surface area contributed by atoms with Crippen LogP contribution < -0.4 is 0 Å². The lowest BCUT2D eigenvalue weighted by molar-refractivity contribution is 0.654. The van der Waals surface area contributed by atoms with Gasteiger partial charge in [-0.3, -0.25) is 0 Å². The summed E-state index contributed by atoms with van der Waals surface area (Å²) in [5.41, 5.74) is 9.77. The SMILES string of the molecule is c1ccc(-c2ccc(-c3nc(-c4ccc5oc6ncccc6c5c4)nc(-c4cccc5c(-n6c7ccccc7c7cc8ccccc8cc76)cccc45)n3)cc2)cc1. The zero-order valence-electron chi connectivity index (χ0n) is 31.0. The van der Waals surface area contributed by atoms with Gasteiger partial charge in [0.15, 0.2) is 17.5 Å². The minimum atomic E-state index is 0.578. The molecule has 4 heterocycles. The maximum absolute atomic E-state index is 6.08. The number of aromatic nitrogens is 5. The maximum atomic E-state index is 6.08. The summed E-state index contributed by atoms with van der Waals surface area (Å²) in [6, 6.07) is 63.7. The van der Waals surface area contributed by atoms with E-state index in [4.69, 9.17) is 19.4 Å². The van der Waals surface area contributed by atoms with Gasteiger partial charge >= 0.3 is 0 Å². The fraction of sp³-hybridized carbons (Fsp3) is 0. The molecule has 12 aromatic rings. The Kier molecular flexibility index (Phi) is 7.13. The summed E-state index contributed by atoms with van der Waals surface area (Å²) in [6.07, 6.45) is 1.75. The minimum Gasteiger partial charge on any atom is -0.438 e. The Balaban J connectivity index is 1.07. The molecule has 58 heavy (non-hydrogen) atoms. The molecule has 0 aliphatic carbocycles. The third-order valence-electron chi connectivity index (χ3n) is 11.3. The van der Waals surface area contributed by atoms with Crippen LogP contribution in [0.1, 0.15) is 0 Å². The van der Waals surface area contributed by atoms with Crippen LogP contribution >= 0.6 is 0 Å². The van der Waals surface area contributed by atoms with Crippen molar-refractivity contribution in [2.45, 2.75) is 0 Å². The predicted octanol–water partition coefficient (Wildman–Crippen LogP) is 13.2. The lowest BCUT2D eigenvalue weighted by Crippen LogP contribution is -2.01. The Bertz CT molecular complexity index is 3570. The van der Waals surface area contributed by atoms with Crippen LogP contribution in [0.25, 0.3) is 116 Å². The van der Waals surface area contributed by atoms with E-state index in [2.05, 4.69) is 161 Å². The lowest BCUT2D eigenvalue weighted by atomic mass is 10.0. The van der Waals surface area contributed by atoms with Crippen LogP contribution in [-0.2, 0) is 0 Å². The van der Waals surface area contributed by atoms with E-state index in [1.807, 2.05) is 30.3 Å². The number of fused-ring (bicyclic) bond motifs is 8. The summed E-state index contributed by atoms with van der Waals surface area (Å²) in [6.45, 7) is 0. The first-order chi connectivity index (χ1) is 28.7. The first kappa shape index (κ1) is 32.3. The highest BCUT2D eigenvalue weighted by molar-refractivity contribution is 6.15. The molecule has 0 radical (unpaired) electrons. The van der Waals surface area contributed by atoms with Crippen LogP contribution in [-0.4, -0.2) is 24.5 Å². The van der Waals surface area contributed by atoms with E-state index in [1.165, 1.54) is 27.1 Å². The van der Waals surface area contributed by atoms with Crippen LogP contribution in [0.5, 0.6) is 0 Å². The van der Waals surface area contributed by atoms with E-state index in [0.717, 1.165) is 66.1 Å². The van der Waals surface area contributed by atoms with Crippen molar-refractivity contribution in [2.75, 3.05) is 0 Å². The summed E-state index contributed by atoms with van der Waals surface area (Å²) in [7, 11) is 0. The van der Waals surface area contributed by atoms with Crippen molar-refractivity contribution in [1.82, 2.24) is 24.5 Å². The molecule has 0 saturated carbocycles. The van der Waals surface area contributed by atoms with Crippen molar-refractivity contribution in [1.29, 1.82) is 0 Å². The van der Waals surface area contributed by atoms with Crippen molar-refractivity contribution >= 4 is 65.4 Å². The Morgan fingerprint density at radius 3 is 1.91 bits per heavy atom. The predicted molar refractivity (Wildman–Crippen MR) is 236 cm³/mol. The summed E-state index contributed by atoms with van der Waals surface area (Å²) in [5, 5.41) is 8.95. The largest absolute Gasteiger partial charge is 0.438 e. The monoisotopic (exact) mass is 741 g/mol. The molecule has 4 aromatic heterocycles. The molecule has 0 aliphatic rings. The van der Waals surface area contributed by atoms with Gasteiger partial charge in [-0.25, -0.2) is 19.9 Å². The fourth-order valence-electron chi connectivity index (χ4n) is 8.54. The number of benzene rings is 8. The van der Waals surface area contributed by atoms with Gasteiger partial charge in [-0.1, -0.05) is 127 Å². The standard InChI is InChI=1S/C52H31N5O/c1-2-11-32(12-3-1)33-22-24-34(25-23-33)49-54-50(37-26-27-48-44(30-37)42-19-10-28-53-52(42)58-48)56-51(55-49)41-18-8-17-39-38(41)16-9-21-46(39)57-45-20-7-6-15-40(45)43-29-35-13-4-5-14-36(35)31-47(43)57/h1-31H. The third-order valence-corrected chi connectivity index (χ3v) is 11.3. The quantitative estimate of drug-likeness (QED) is 0.176. The number of rotatable bonds is 5. The smallest absolute Gasteiger partial charge is 0.227 e. The second-order valence-electron chi connectivity index (χ2n) is 14.7. The van der Waals surface area contributed by atoms with Gasteiger partial charge in [0.25, 0.3) is 0 Å². The first-order valence-electron chi connectivity index (χ1n) is 19.4.